The molecule has 1 aromatic carbocycles. The van der Waals surface area contributed by atoms with E-state index in [4.69, 9.17) is 5.11 Å². The summed E-state index contributed by atoms with van der Waals surface area (Å²) in [5.41, 5.74) is 0.582. The number of benzene rings is 1. The Labute approximate surface area is 115 Å². The van der Waals surface area contributed by atoms with Crippen molar-refractivity contribution in [2.24, 2.45) is 0 Å². The minimum absolute atomic E-state index is 0. The van der Waals surface area contributed by atoms with Crippen molar-refractivity contribution < 1.29 is 15.3 Å². The van der Waals surface area contributed by atoms with Gasteiger partial charge in [0, 0.05) is 12.6 Å². The first-order valence-electron chi connectivity index (χ1n) is 4.94. The van der Waals surface area contributed by atoms with Crippen molar-refractivity contribution >= 4 is 27.3 Å². The SMILES string of the molecule is CC(C)NCC(O)c1ccc(O)c(O)c1.[PbH2]. The van der Waals surface area contributed by atoms with Crippen LogP contribution in [0, 0.1) is 0 Å². The van der Waals surface area contributed by atoms with E-state index in [-0.39, 0.29) is 38.8 Å². The van der Waals surface area contributed by atoms with Crippen LogP contribution in [0.25, 0.3) is 0 Å². The van der Waals surface area contributed by atoms with Gasteiger partial charge < -0.3 is 20.6 Å². The fraction of sp³-hybridized carbons (Fsp3) is 0.455. The van der Waals surface area contributed by atoms with Crippen LogP contribution in [-0.4, -0.2) is 55.2 Å². The molecule has 5 heteroatoms. The Kier molecular flexibility index (Phi) is 6.93. The molecule has 90 valence electrons. The molecule has 0 aromatic heterocycles. The van der Waals surface area contributed by atoms with Crippen molar-refractivity contribution in [3.05, 3.63) is 23.8 Å². The first-order chi connectivity index (χ1) is 7.00. The molecule has 0 fully saturated rings. The maximum atomic E-state index is 9.73. The summed E-state index contributed by atoms with van der Waals surface area (Å²) in [4.78, 5) is 0. The van der Waals surface area contributed by atoms with Gasteiger partial charge in [0.1, 0.15) is 0 Å². The molecule has 0 heterocycles. The van der Waals surface area contributed by atoms with Crippen LogP contribution in [0.5, 0.6) is 11.5 Å². The number of aromatic hydroxyl groups is 2. The van der Waals surface area contributed by atoms with E-state index in [1.165, 1.54) is 12.1 Å². The molecule has 0 saturated carbocycles. The van der Waals surface area contributed by atoms with Gasteiger partial charge in [-0.15, -0.1) is 0 Å². The third kappa shape index (κ3) is 4.67. The molecule has 1 aromatic rings. The van der Waals surface area contributed by atoms with E-state index in [0.717, 1.165) is 0 Å². The molecule has 4 nitrogen and oxygen atoms in total. The summed E-state index contributed by atoms with van der Waals surface area (Å²) in [6.07, 6.45) is -0.682. The molecule has 1 rings (SSSR count). The molecule has 1 unspecified atom stereocenters. The van der Waals surface area contributed by atoms with Crippen molar-refractivity contribution in [2.75, 3.05) is 6.54 Å². The van der Waals surface area contributed by atoms with Crippen LogP contribution < -0.4 is 5.32 Å². The summed E-state index contributed by atoms with van der Waals surface area (Å²) in [5, 5.41) is 31.2. The molecule has 4 N–H and O–H groups in total. The predicted octanol–water partition coefficient (Wildman–Crippen LogP) is 0.213. The zero-order valence-electron chi connectivity index (χ0n) is 9.64. The Bertz CT molecular complexity index is 331. The Morgan fingerprint density at radius 2 is 1.81 bits per heavy atom. The predicted molar refractivity (Wildman–Crippen MR) is 66.4 cm³/mol. The topological polar surface area (TPSA) is 72.7 Å². The molecule has 0 spiro atoms. The molecule has 16 heavy (non-hydrogen) atoms. The summed E-state index contributed by atoms with van der Waals surface area (Å²) >= 11 is 0. The first kappa shape index (κ1) is 15.7. The molecule has 2 radical (unpaired) electrons. The Hall–Kier alpha value is -0.338. The molecule has 0 saturated heterocycles. The Morgan fingerprint density at radius 1 is 1.19 bits per heavy atom. The van der Waals surface area contributed by atoms with E-state index in [2.05, 4.69) is 5.32 Å². The number of hydrogen-bond acceptors (Lipinski definition) is 4. The molecule has 0 aliphatic rings. The van der Waals surface area contributed by atoms with Crippen molar-refractivity contribution in [1.29, 1.82) is 0 Å². The van der Waals surface area contributed by atoms with Crippen LogP contribution in [0.2, 0.25) is 0 Å². The summed E-state index contributed by atoms with van der Waals surface area (Å²) in [5.74, 6) is -0.390. The van der Waals surface area contributed by atoms with Gasteiger partial charge in [0.15, 0.2) is 11.5 Å². The number of rotatable bonds is 4. The molecular weight excluding hydrogens is 401 g/mol. The maximum absolute atomic E-state index is 9.73. The van der Waals surface area contributed by atoms with Crippen molar-refractivity contribution in [3.63, 3.8) is 0 Å². The summed E-state index contributed by atoms with van der Waals surface area (Å²) in [7, 11) is 0. The van der Waals surface area contributed by atoms with Crippen LogP contribution in [0.3, 0.4) is 0 Å². The number of hydrogen-bond donors (Lipinski definition) is 4. The van der Waals surface area contributed by atoms with Gasteiger partial charge in [-0.1, -0.05) is 19.9 Å². The van der Waals surface area contributed by atoms with Crippen LogP contribution in [0.4, 0.5) is 0 Å². The van der Waals surface area contributed by atoms with Crippen LogP contribution in [-0.2, 0) is 0 Å². The summed E-state index contributed by atoms with van der Waals surface area (Å²) < 4.78 is 0. The summed E-state index contributed by atoms with van der Waals surface area (Å²) in [6.45, 7) is 4.39. The standard InChI is InChI=1S/C11H17NO3.Pb.2H/c1-7(2)12-6-11(15)8-3-4-9(13)10(14)5-8;;;/h3-5,7,11-15H,6H2,1-2H3;;;. The van der Waals surface area contributed by atoms with Crippen LogP contribution >= 0.6 is 0 Å². The van der Waals surface area contributed by atoms with Gasteiger partial charge in [0.2, 0.25) is 0 Å². The van der Waals surface area contributed by atoms with E-state index in [1.807, 2.05) is 13.8 Å². The third-order valence-electron chi connectivity index (χ3n) is 2.10. The van der Waals surface area contributed by atoms with Gasteiger partial charge in [-0.2, -0.15) is 0 Å². The number of phenolic OH excluding ortho intramolecular Hbond substituents is 2. The quantitative estimate of drug-likeness (QED) is 0.415. The van der Waals surface area contributed by atoms with Gasteiger partial charge in [0.05, 0.1) is 6.10 Å². The third-order valence-corrected chi connectivity index (χ3v) is 2.10. The molecule has 0 bridgehead atoms. The molecule has 0 aliphatic carbocycles. The minimum atomic E-state index is -0.682. The fourth-order valence-electron chi connectivity index (χ4n) is 1.21. The van der Waals surface area contributed by atoms with Crippen LogP contribution in [0.1, 0.15) is 25.5 Å². The van der Waals surface area contributed by atoms with E-state index >= 15 is 0 Å². The van der Waals surface area contributed by atoms with Gasteiger partial charge in [-0.3, -0.25) is 0 Å². The van der Waals surface area contributed by atoms with E-state index in [0.29, 0.717) is 18.2 Å². The number of aliphatic hydroxyl groups excluding tert-OH is 1. The van der Waals surface area contributed by atoms with E-state index in [9.17, 15) is 10.2 Å². The van der Waals surface area contributed by atoms with E-state index in [1.54, 1.807) is 6.07 Å². The normalized spacial score (nSPS) is 12.2. The first-order valence-corrected chi connectivity index (χ1v) is 4.94. The molecular formula is C11H19NO3Pb. The zero-order chi connectivity index (χ0) is 11.4. The summed E-state index contributed by atoms with van der Waals surface area (Å²) in [6, 6.07) is 4.61. The van der Waals surface area contributed by atoms with Crippen molar-refractivity contribution in [1.82, 2.24) is 5.32 Å². The van der Waals surface area contributed by atoms with E-state index < -0.39 is 6.10 Å². The molecule has 1 atom stereocenters. The fourth-order valence-corrected chi connectivity index (χ4v) is 1.21. The number of phenols is 2. The number of nitrogens with one attached hydrogen (secondary N) is 1. The van der Waals surface area contributed by atoms with Gasteiger partial charge in [0.25, 0.3) is 0 Å². The van der Waals surface area contributed by atoms with Gasteiger partial charge in [-0.25, -0.2) is 0 Å². The number of aliphatic hydroxyl groups is 1. The second-order valence-electron chi connectivity index (χ2n) is 3.83. The van der Waals surface area contributed by atoms with Crippen molar-refractivity contribution in [3.8, 4) is 11.5 Å². The monoisotopic (exact) mass is 421 g/mol. The zero-order valence-corrected chi connectivity index (χ0v) is 15.1. The molecule has 0 aliphatic heterocycles. The molecule has 0 amide bonds. The Balaban J connectivity index is 0.00000225. The second kappa shape index (κ2) is 7.08. The van der Waals surface area contributed by atoms with Gasteiger partial charge in [-0.05, 0) is 17.7 Å². The van der Waals surface area contributed by atoms with Crippen LogP contribution in [0.15, 0.2) is 18.2 Å². The second-order valence-corrected chi connectivity index (χ2v) is 3.83. The van der Waals surface area contributed by atoms with Gasteiger partial charge >= 0.3 is 27.3 Å². The average Bonchev–Trinajstić information content (AvgIpc) is 2.18. The van der Waals surface area contributed by atoms with Crippen molar-refractivity contribution in [2.45, 2.75) is 26.0 Å². The average molecular weight is 420 g/mol. The Morgan fingerprint density at radius 3 is 2.31 bits per heavy atom.